The molecular weight excluding hydrogens is 540 g/mol. The predicted octanol–water partition coefficient (Wildman–Crippen LogP) is 9.11. The molecule has 226 valence electrons. The molecule has 2 bridgehead atoms. The van der Waals surface area contributed by atoms with E-state index in [2.05, 4.69) is 115 Å². The summed E-state index contributed by atoms with van der Waals surface area (Å²) in [5, 5.41) is 0. The van der Waals surface area contributed by atoms with Crippen molar-refractivity contribution in [3.8, 4) is 11.5 Å². The summed E-state index contributed by atoms with van der Waals surface area (Å²) in [5.41, 5.74) is 8.26. The van der Waals surface area contributed by atoms with Crippen molar-refractivity contribution in [2.24, 2.45) is 23.7 Å². The van der Waals surface area contributed by atoms with Crippen molar-refractivity contribution < 1.29 is 9.47 Å². The molecule has 0 radical (unpaired) electrons. The van der Waals surface area contributed by atoms with Gasteiger partial charge in [-0.15, -0.1) is 0 Å². The topological polar surface area (TPSA) is 24.9 Å². The van der Waals surface area contributed by atoms with Crippen LogP contribution in [-0.2, 0) is 18.5 Å². The van der Waals surface area contributed by atoms with Crippen molar-refractivity contribution in [2.75, 3.05) is 23.3 Å². The van der Waals surface area contributed by atoms with Crippen molar-refractivity contribution in [2.45, 2.75) is 64.5 Å². The van der Waals surface area contributed by atoms with Gasteiger partial charge in [0.1, 0.15) is 11.5 Å². The molecule has 0 aromatic heterocycles. The van der Waals surface area contributed by atoms with Crippen LogP contribution in [0.3, 0.4) is 0 Å². The van der Waals surface area contributed by atoms with Crippen molar-refractivity contribution in [1.82, 2.24) is 0 Å². The number of ether oxygens (including phenoxy) is 2. The van der Waals surface area contributed by atoms with Crippen LogP contribution in [0.2, 0.25) is 0 Å². The Hall–Kier alpha value is -3.92. The number of benzene rings is 4. The number of para-hydroxylation sites is 2. The molecule has 0 N–H and O–H groups in total. The Morgan fingerprint density at radius 2 is 1.16 bits per heavy atom. The fraction of sp³-hybridized carbons (Fsp3) is 0.400. The van der Waals surface area contributed by atoms with Gasteiger partial charge in [0.2, 0.25) is 0 Å². The second-order valence-electron chi connectivity index (χ2n) is 14.2. The van der Waals surface area contributed by atoms with Gasteiger partial charge in [-0.25, -0.2) is 0 Å². The van der Waals surface area contributed by atoms with E-state index in [1.807, 2.05) is 6.07 Å². The van der Waals surface area contributed by atoms with Gasteiger partial charge >= 0.3 is 0 Å². The molecule has 4 aromatic carbocycles. The van der Waals surface area contributed by atoms with Crippen LogP contribution < -0.4 is 19.3 Å². The highest BCUT2D eigenvalue weighted by Crippen LogP contribution is 2.63. The third kappa shape index (κ3) is 5.12. The minimum Gasteiger partial charge on any atom is -0.473 e. The van der Waals surface area contributed by atoms with Gasteiger partial charge in [0.25, 0.3) is 0 Å². The normalized spacial score (nSPS) is 27.8. The van der Waals surface area contributed by atoms with Gasteiger partial charge in [0, 0.05) is 35.6 Å². The summed E-state index contributed by atoms with van der Waals surface area (Å²) in [6.07, 6.45) is 7.36. The fourth-order valence-electron chi connectivity index (χ4n) is 9.12. The Bertz CT molecular complexity index is 1600. The van der Waals surface area contributed by atoms with Crippen molar-refractivity contribution >= 4 is 11.4 Å². The molecule has 9 rings (SSSR count). The molecule has 3 aliphatic carbocycles. The zero-order chi connectivity index (χ0) is 29.7. The molecule has 0 saturated heterocycles. The number of fused-ring (bicyclic) bond motifs is 7. The maximum Gasteiger partial charge on any atom is 0.161 e. The first-order valence-corrected chi connectivity index (χ1v) is 16.6. The zero-order valence-electron chi connectivity index (χ0n) is 26.1. The van der Waals surface area contributed by atoms with E-state index in [0.29, 0.717) is 18.9 Å². The lowest BCUT2D eigenvalue weighted by molar-refractivity contribution is 0.259. The van der Waals surface area contributed by atoms with E-state index in [1.54, 1.807) is 5.56 Å². The van der Waals surface area contributed by atoms with Crippen LogP contribution >= 0.6 is 0 Å². The van der Waals surface area contributed by atoms with Crippen LogP contribution in [-0.4, -0.2) is 13.5 Å². The highest BCUT2D eigenvalue weighted by atomic mass is 16.5. The maximum atomic E-state index is 6.09. The van der Waals surface area contributed by atoms with Gasteiger partial charge in [-0.05, 0) is 116 Å². The Labute approximate surface area is 262 Å². The van der Waals surface area contributed by atoms with E-state index < -0.39 is 0 Å². The van der Waals surface area contributed by atoms with E-state index in [0.717, 1.165) is 48.3 Å². The molecule has 4 nitrogen and oxygen atoms in total. The average molecular weight is 585 g/mol. The van der Waals surface area contributed by atoms with Crippen LogP contribution in [0.5, 0.6) is 11.5 Å². The number of hydrogen-bond donors (Lipinski definition) is 0. The van der Waals surface area contributed by atoms with Crippen LogP contribution in [0.25, 0.3) is 0 Å². The number of hydrogen-bond acceptors (Lipinski definition) is 4. The van der Waals surface area contributed by atoms with E-state index in [-0.39, 0.29) is 0 Å². The first-order valence-electron chi connectivity index (χ1n) is 16.6. The van der Waals surface area contributed by atoms with Gasteiger partial charge < -0.3 is 19.3 Å². The number of rotatable bonds is 3. The van der Waals surface area contributed by atoms with Gasteiger partial charge in [-0.3, -0.25) is 0 Å². The van der Waals surface area contributed by atoms with Gasteiger partial charge in [0.05, 0.1) is 0 Å². The highest BCUT2D eigenvalue weighted by Gasteiger charge is 2.55. The summed E-state index contributed by atoms with van der Waals surface area (Å²) in [6.45, 7) is 7.77. The lowest BCUT2D eigenvalue weighted by Crippen LogP contribution is -2.32. The molecule has 4 heteroatoms. The van der Waals surface area contributed by atoms with E-state index >= 15 is 0 Å². The standard InChI is InChI=1S/C25H29NO.C15H15NO/c1-25(13-22-17-7-8-18(11-17)23(22)14-25)20-9-10-24-19(12-20)15-26(16-27-24)21-5-3-2-4-6-21;1-12-7-8-15-13(9-12)10-16(11-17-15)14-5-3-2-4-6-14/h2-6,9-10,12,17-18,22-23H,7-8,11,13-16H2,1H3;2-9H,10-11H2,1H3. The molecule has 0 spiro atoms. The highest BCUT2D eigenvalue weighted by molar-refractivity contribution is 5.52. The molecule has 2 heterocycles. The van der Waals surface area contributed by atoms with Gasteiger partial charge in [-0.2, -0.15) is 0 Å². The Morgan fingerprint density at radius 3 is 1.73 bits per heavy atom. The third-order valence-corrected chi connectivity index (χ3v) is 11.3. The lowest BCUT2D eigenvalue weighted by Gasteiger charge is -2.33. The molecule has 2 aliphatic heterocycles. The summed E-state index contributed by atoms with van der Waals surface area (Å²) in [6, 6.07) is 34.4. The Morgan fingerprint density at radius 1 is 0.636 bits per heavy atom. The van der Waals surface area contributed by atoms with Crippen molar-refractivity contribution in [3.05, 3.63) is 119 Å². The summed E-state index contributed by atoms with van der Waals surface area (Å²) in [7, 11) is 0. The minimum absolute atomic E-state index is 0.362. The van der Waals surface area contributed by atoms with E-state index in [1.165, 1.54) is 60.2 Å². The van der Waals surface area contributed by atoms with Crippen LogP contribution in [0.4, 0.5) is 11.4 Å². The maximum absolute atomic E-state index is 6.09. The molecule has 3 saturated carbocycles. The first-order chi connectivity index (χ1) is 21.5. The number of nitrogens with zero attached hydrogens (tertiary/aromatic N) is 2. The predicted molar refractivity (Wildman–Crippen MR) is 178 cm³/mol. The number of aryl methyl sites for hydroxylation is 1. The molecule has 4 unspecified atom stereocenters. The summed E-state index contributed by atoms with van der Waals surface area (Å²) in [4.78, 5) is 4.57. The van der Waals surface area contributed by atoms with Gasteiger partial charge in [0.15, 0.2) is 13.5 Å². The largest absolute Gasteiger partial charge is 0.473 e. The quantitative estimate of drug-likeness (QED) is 0.240. The molecule has 4 aromatic rings. The Kier molecular flexibility index (Phi) is 7.04. The van der Waals surface area contributed by atoms with Crippen LogP contribution in [0.15, 0.2) is 97.1 Å². The Balaban J connectivity index is 0.000000147. The molecule has 4 atom stereocenters. The fourth-order valence-corrected chi connectivity index (χ4v) is 9.12. The van der Waals surface area contributed by atoms with Crippen LogP contribution in [0.1, 0.15) is 61.3 Å². The second-order valence-corrected chi connectivity index (χ2v) is 14.2. The monoisotopic (exact) mass is 584 g/mol. The second kappa shape index (κ2) is 11.2. The smallest absolute Gasteiger partial charge is 0.161 e. The van der Waals surface area contributed by atoms with Crippen molar-refractivity contribution in [1.29, 1.82) is 0 Å². The molecule has 44 heavy (non-hydrogen) atoms. The lowest BCUT2D eigenvalue weighted by atomic mass is 9.77. The number of anilines is 2. The first kappa shape index (κ1) is 27.6. The van der Waals surface area contributed by atoms with Crippen molar-refractivity contribution in [3.63, 3.8) is 0 Å². The molecule has 5 aliphatic rings. The van der Waals surface area contributed by atoms with E-state index in [9.17, 15) is 0 Å². The molecule has 3 fully saturated rings. The summed E-state index contributed by atoms with van der Waals surface area (Å²) >= 11 is 0. The van der Waals surface area contributed by atoms with Crippen LogP contribution in [0, 0.1) is 30.6 Å². The average Bonchev–Trinajstić information content (AvgIpc) is 3.78. The molecule has 0 amide bonds. The summed E-state index contributed by atoms with van der Waals surface area (Å²) < 4.78 is 11.9. The van der Waals surface area contributed by atoms with E-state index in [4.69, 9.17) is 9.47 Å². The SMILES string of the molecule is CC1(c2ccc3c(c2)CN(c2ccccc2)CO3)CC2C3CCC(C3)C2C1.Cc1ccc2c(c1)CN(c1ccccc1)CO2. The summed E-state index contributed by atoms with van der Waals surface area (Å²) in [5.74, 6) is 6.17. The third-order valence-electron chi connectivity index (χ3n) is 11.3. The minimum atomic E-state index is 0.362. The molecular formula is C40H44N2O2. The van der Waals surface area contributed by atoms with Gasteiger partial charge in [-0.1, -0.05) is 67.1 Å². The zero-order valence-corrected chi connectivity index (χ0v) is 26.1.